The Hall–Kier alpha value is -1.13. The van der Waals surface area contributed by atoms with Gasteiger partial charge in [-0.2, -0.15) is 0 Å². The first-order valence-corrected chi connectivity index (χ1v) is 6.92. The Morgan fingerprint density at radius 2 is 2.06 bits per heavy atom. The minimum absolute atomic E-state index is 0.551. The van der Waals surface area contributed by atoms with Crippen LogP contribution in [-0.4, -0.2) is 17.8 Å². The fourth-order valence-corrected chi connectivity index (χ4v) is 3.07. The largest absolute Gasteiger partial charge is 0.355 e. The van der Waals surface area contributed by atoms with Gasteiger partial charge in [-0.15, -0.1) is 11.3 Å². The molecule has 1 heterocycles. The third-order valence-electron chi connectivity index (χ3n) is 2.44. The highest BCUT2D eigenvalue weighted by Crippen LogP contribution is 2.21. The Bertz CT molecular complexity index is 507. The van der Waals surface area contributed by atoms with Crippen LogP contribution in [0.15, 0.2) is 46.3 Å². The Morgan fingerprint density at radius 3 is 2.65 bits per heavy atom. The third-order valence-corrected chi connectivity index (χ3v) is 4.13. The van der Waals surface area contributed by atoms with Crippen molar-refractivity contribution in [2.24, 2.45) is 0 Å². The second kappa shape index (κ2) is 5.47. The van der Waals surface area contributed by atoms with Crippen LogP contribution in [0, 0.1) is 5.41 Å². The van der Waals surface area contributed by atoms with Crippen LogP contribution >= 0.6 is 27.3 Å². The molecule has 0 aliphatic heterocycles. The SMILES string of the molecule is CN(Cc1cc(Br)cs1)C(=N)c1ccccc1. The molecule has 0 saturated carbocycles. The molecule has 2 rings (SSSR count). The van der Waals surface area contributed by atoms with Crippen molar-refractivity contribution in [3.05, 3.63) is 56.7 Å². The van der Waals surface area contributed by atoms with Crippen molar-refractivity contribution in [2.45, 2.75) is 6.54 Å². The molecule has 17 heavy (non-hydrogen) atoms. The van der Waals surface area contributed by atoms with Crippen LogP contribution in [0.1, 0.15) is 10.4 Å². The van der Waals surface area contributed by atoms with E-state index in [4.69, 9.17) is 5.41 Å². The molecule has 0 aliphatic rings. The number of rotatable bonds is 3. The number of halogens is 1. The predicted octanol–water partition coefficient (Wildman–Crippen LogP) is 3.97. The summed E-state index contributed by atoms with van der Waals surface area (Å²) in [7, 11) is 1.95. The molecule has 0 fully saturated rings. The lowest BCUT2D eigenvalue weighted by atomic mass is 10.2. The fraction of sp³-hybridized carbons (Fsp3) is 0.154. The number of amidine groups is 1. The maximum Gasteiger partial charge on any atom is 0.128 e. The van der Waals surface area contributed by atoms with Crippen LogP contribution in [-0.2, 0) is 6.54 Å². The van der Waals surface area contributed by atoms with E-state index in [9.17, 15) is 0 Å². The molecule has 0 aliphatic carbocycles. The highest BCUT2D eigenvalue weighted by Gasteiger charge is 2.08. The normalized spacial score (nSPS) is 10.2. The molecular weight excluding hydrogens is 296 g/mol. The third kappa shape index (κ3) is 3.17. The minimum atomic E-state index is 0.551. The average molecular weight is 309 g/mol. The average Bonchev–Trinajstić information content (AvgIpc) is 2.75. The molecule has 0 saturated heterocycles. The van der Waals surface area contributed by atoms with Crippen LogP contribution in [0.2, 0.25) is 0 Å². The van der Waals surface area contributed by atoms with Gasteiger partial charge in [0.15, 0.2) is 0 Å². The lowest BCUT2D eigenvalue weighted by molar-refractivity contribution is 0.503. The molecule has 2 aromatic rings. The molecule has 0 amide bonds. The zero-order valence-corrected chi connectivity index (χ0v) is 11.9. The van der Waals surface area contributed by atoms with Gasteiger partial charge in [-0.25, -0.2) is 0 Å². The van der Waals surface area contributed by atoms with Crippen LogP contribution in [0.5, 0.6) is 0 Å². The molecular formula is C13H13BrN2S. The lowest BCUT2D eigenvalue weighted by Gasteiger charge is -2.19. The quantitative estimate of drug-likeness (QED) is 0.674. The predicted molar refractivity (Wildman–Crippen MR) is 76.8 cm³/mol. The van der Waals surface area contributed by atoms with E-state index in [-0.39, 0.29) is 0 Å². The van der Waals surface area contributed by atoms with Crippen LogP contribution in [0.4, 0.5) is 0 Å². The van der Waals surface area contributed by atoms with Crippen molar-refractivity contribution < 1.29 is 0 Å². The summed E-state index contributed by atoms with van der Waals surface area (Å²) in [6, 6.07) is 11.9. The highest BCUT2D eigenvalue weighted by atomic mass is 79.9. The maximum atomic E-state index is 8.11. The van der Waals surface area contributed by atoms with Crippen LogP contribution in [0.3, 0.4) is 0 Å². The summed E-state index contributed by atoms with van der Waals surface area (Å²) in [5.41, 5.74) is 0.950. The van der Waals surface area contributed by atoms with Crippen molar-refractivity contribution in [1.82, 2.24) is 4.90 Å². The van der Waals surface area contributed by atoms with E-state index in [2.05, 4.69) is 27.4 Å². The van der Waals surface area contributed by atoms with Gasteiger partial charge >= 0.3 is 0 Å². The number of benzene rings is 1. The van der Waals surface area contributed by atoms with Crippen molar-refractivity contribution in [1.29, 1.82) is 5.41 Å². The van der Waals surface area contributed by atoms with Crippen molar-refractivity contribution in [2.75, 3.05) is 7.05 Å². The van der Waals surface area contributed by atoms with E-state index in [0.717, 1.165) is 16.6 Å². The van der Waals surface area contributed by atoms with Gasteiger partial charge < -0.3 is 4.90 Å². The number of thiophene rings is 1. The Kier molecular flexibility index (Phi) is 3.97. The first-order valence-electron chi connectivity index (χ1n) is 5.25. The molecule has 0 bridgehead atoms. The van der Waals surface area contributed by atoms with E-state index in [1.54, 1.807) is 11.3 Å². The molecule has 0 spiro atoms. The van der Waals surface area contributed by atoms with Crippen molar-refractivity contribution in [3.8, 4) is 0 Å². The molecule has 88 valence electrons. The highest BCUT2D eigenvalue weighted by molar-refractivity contribution is 9.10. The Labute approximate surface area is 114 Å². The topological polar surface area (TPSA) is 27.1 Å². The van der Waals surface area contributed by atoms with Gasteiger partial charge in [-0.3, -0.25) is 5.41 Å². The van der Waals surface area contributed by atoms with Crippen molar-refractivity contribution >= 4 is 33.1 Å². The second-order valence-corrected chi connectivity index (χ2v) is 5.71. The van der Waals surface area contributed by atoms with Gasteiger partial charge in [-0.05, 0) is 22.0 Å². The zero-order valence-electron chi connectivity index (χ0n) is 9.48. The molecule has 0 radical (unpaired) electrons. The molecule has 1 aromatic heterocycles. The first-order chi connectivity index (χ1) is 8.16. The van der Waals surface area contributed by atoms with Gasteiger partial charge in [0.2, 0.25) is 0 Å². The van der Waals surface area contributed by atoms with Gasteiger partial charge in [0.05, 0.1) is 6.54 Å². The molecule has 0 unspecified atom stereocenters. The number of hydrogen-bond acceptors (Lipinski definition) is 2. The lowest BCUT2D eigenvalue weighted by Crippen LogP contribution is -2.25. The number of nitrogens with one attached hydrogen (secondary N) is 1. The molecule has 1 aromatic carbocycles. The number of nitrogens with zero attached hydrogens (tertiary/aromatic N) is 1. The van der Waals surface area contributed by atoms with Gasteiger partial charge in [0.1, 0.15) is 5.84 Å². The first kappa shape index (κ1) is 12.3. The monoisotopic (exact) mass is 308 g/mol. The summed E-state index contributed by atoms with van der Waals surface area (Å²) in [6.07, 6.45) is 0. The van der Waals surface area contributed by atoms with E-state index in [1.807, 2.05) is 42.3 Å². The van der Waals surface area contributed by atoms with Gasteiger partial charge in [0, 0.05) is 27.3 Å². The number of hydrogen-bond donors (Lipinski definition) is 1. The van der Waals surface area contributed by atoms with Crippen LogP contribution < -0.4 is 0 Å². The summed E-state index contributed by atoms with van der Waals surface area (Å²) < 4.78 is 1.11. The van der Waals surface area contributed by atoms with E-state index >= 15 is 0 Å². The minimum Gasteiger partial charge on any atom is -0.355 e. The summed E-state index contributed by atoms with van der Waals surface area (Å²) in [5, 5.41) is 10.2. The van der Waals surface area contributed by atoms with E-state index < -0.39 is 0 Å². The summed E-state index contributed by atoms with van der Waals surface area (Å²) in [5.74, 6) is 0.551. The van der Waals surface area contributed by atoms with Gasteiger partial charge in [-0.1, -0.05) is 30.3 Å². The Morgan fingerprint density at radius 1 is 1.35 bits per heavy atom. The second-order valence-electron chi connectivity index (χ2n) is 3.80. The van der Waals surface area contributed by atoms with Gasteiger partial charge in [0.25, 0.3) is 0 Å². The van der Waals surface area contributed by atoms with Crippen molar-refractivity contribution in [3.63, 3.8) is 0 Å². The van der Waals surface area contributed by atoms with E-state index in [1.165, 1.54) is 4.88 Å². The molecule has 1 N–H and O–H groups in total. The van der Waals surface area contributed by atoms with Crippen LogP contribution in [0.25, 0.3) is 0 Å². The Balaban J connectivity index is 2.06. The summed E-state index contributed by atoms with van der Waals surface area (Å²) in [4.78, 5) is 3.20. The standard InChI is InChI=1S/C13H13BrN2S/c1-16(8-12-7-11(14)9-17-12)13(15)10-5-3-2-4-6-10/h2-7,9,15H,8H2,1H3. The zero-order chi connectivity index (χ0) is 12.3. The maximum absolute atomic E-state index is 8.11. The molecule has 2 nitrogen and oxygen atoms in total. The van der Waals surface area contributed by atoms with E-state index in [0.29, 0.717) is 5.84 Å². The summed E-state index contributed by atoms with van der Waals surface area (Å²) >= 11 is 5.15. The summed E-state index contributed by atoms with van der Waals surface area (Å²) in [6.45, 7) is 0.768. The molecule has 4 heteroatoms. The fourth-order valence-electron chi connectivity index (χ4n) is 1.57. The smallest absolute Gasteiger partial charge is 0.128 e. The molecule has 0 atom stereocenters.